The normalized spacial score (nSPS) is 14.6. The molecule has 1 aromatic carbocycles. The van der Waals surface area contributed by atoms with Gasteiger partial charge in [0.25, 0.3) is 0 Å². The second-order valence-corrected chi connectivity index (χ2v) is 5.10. The van der Waals surface area contributed by atoms with Crippen molar-refractivity contribution in [2.24, 2.45) is 5.92 Å². The fourth-order valence-electron chi connectivity index (χ4n) is 2.21. The monoisotopic (exact) mass is 254 g/mol. The first-order valence-electron chi connectivity index (χ1n) is 5.77. The third kappa shape index (κ3) is 3.30. The smallest absolute Gasteiger partial charge is 0.234 e. The molecule has 0 bridgehead atoms. The predicted octanol–water partition coefficient (Wildman–Crippen LogP) is 3.38. The number of hydrogen-bond donors (Lipinski definition) is 0. The van der Waals surface area contributed by atoms with E-state index in [1.807, 2.05) is 30.3 Å². The molecule has 0 aliphatic carbocycles. The number of methoxy groups -OCH3 is 1. The fraction of sp³-hybridized carbons (Fsp3) is 0.500. The molecule has 0 fully saturated rings. The third-order valence-electron chi connectivity index (χ3n) is 2.85. The average molecular weight is 255 g/mol. The molecule has 0 aromatic heterocycles. The molecule has 0 radical (unpaired) electrons. The molecule has 0 saturated carbocycles. The highest BCUT2D eigenvalue weighted by molar-refractivity contribution is 6.65. The van der Waals surface area contributed by atoms with Crippen molar-refractivity contribution in [2.75, 3.05) is 13.7 Å². The minimum Gasteiger partial charge on any atom is -0.383 e. The molecule has 0 heterocycles. The number of halogens is 1. The Labute approximate surface area is 108 Å². The molecule has 1 rings (SSSR count). The van der Waals surface area contributed by atoms with E-state index in [4.69, 9.17) is 16.3 Å². The molecule has 1 aromatic rings. The lowest BCUT2D eigenvalue weighted by Gasteiger charge is -2.31. The highest BCUT2D eigenvalue weighted by atomic mass is 35.5. The molecule has 0 aliphatic rings. The zero-order valence-electron chi connectivity index (χ0n) is 10.6. The lowest BCUT2D eigenvalue weighted by atomic mass is 9.76. The van der Waals surface area contributed by atoms with Crippen LogP contribution in [0.2, 0.25) is 0 Å². The first kappa shape index (κ1) is 14.2. The van der Waals surface area contributed by atoms with Gasteiger partial charge in [-0.05, 0) is 29.5 Å². The Balaban J connectivity index is 3.19. The summed E-state index contributed by atoms with van der Waals surface area (Å²) >= 11 is 5.84. The number of benzene rings is 1. The van der Waals surface area contributed by atoms with Crippen LogP contribution in [0.1, 0.15) is 25.8 Å². The van der Waals surface area contributed by atoms with Crippen molar-refractivity contribution in [3.05, 3.63) is 35.9 Å². The molecule has 0 amide bonds. The van der Waals surface area contributed by atoms with Gasteiger partial charge in [0, 0.05) is 7.11 Å². The molecule has 1 atom stereocenters. The molecule has 0 spiro atoms. The van der Waals surface area contributed by atoms with Crippen LogP contribution in [0.25, 0.3) is 0 Å². The number of carbonyl (C=O) groups is 1. The van der Waals surface area contributed by atoms with Crippen molar-refractivity contribution < 1.29 is 9.53 Å². The Morgan fingerprint density at radius 3 is 2.35 bits per heavy atom. The maximum absolute atomic E-state index is 11.9. The fourth-order valence-corrected chi connectivity index (χ4v) is 2.45. The standard InChI is InChI=1S/C14H19ClO2/c1-11(2)9-14(10-17-3,13(15)16)12-7-5-4-6-8-12/h4-8,11H,9-10H2,1-3H3. The highest BCUT2D eigenvalue weighted by Crippen LogP contribution is 2.34. The van der Waals surface area contributed by atoms with Crippen LogP contribution in [0.15, 0.2) is 30.3 Å². The van der Waals surface area contributed by atoms with Gasteiger partial charge in [0.2, 0.25) is 5.24 Å². The zero-order chi connectivity index (χ0) is 12.9. The molecule has 0 aliphatic heterocycles. The Morgan fingerprint density at radius 1 is 1.35 bits per heavy atom. The van der Waals surface area contributed by atoms with E-state index in [1.165, 1.54) is 0 Å². The van der Waals surface area contributed by atoms with E-state index in [2.05, 4.69) is 13.8 Å². The van der Waals surface area contributed by atoms with Gasteiger partial charge in [-0.1, -0.05) is 44.2 Å². The van der Waals surface area contributed by atoms with Crippen LogP contribution < -0.4 is 0 Å². The molecular weight excluding hydrogens is 236 g/mol. The van der Waals surface area contributed by atoms with Gasteiger partial charge in [-0.3, -0.25) is 4.79 Å². The van der Waals surface area contributed by atoms with Crippen LogP contribution in [0.5, 0.6) is 0 Å². The van der Waals surface area contributed by atoms with Crippen LogP contribution in [0.4, 0.5) is 0 Å². The summed E-state index contributed by atoms with van der Waals surface area (Å²) in [5.41, 5.74) is 0.196. The van der Waals surface area contributed by atoms with Gasteiger partial charge < -0.3 is 4.74 Å². The summed E-state index contributed by atoms with van der Waals surface area (Å²) in [6.45, 7) is 4.47. The molecule has 17 heavy (non-hydrogen) atoms. The van der Waals surface area contributed by atoms with E-state index in [9.17, 15) is 4.79 Å². The lowest BCUT2D eigenvalue weighted by molar-refractivity contribution is -0.119. The van der Waals surface area contributed by atoms with Crippen LogP contribution in [-0.4, -0.2) is 19.0 Å². The van der Waals surface area contributed by atoms with E-state index >= 15 is 0 Å². The van der Waals surface area contributed by atoms with Crippen LogP contribution in [0, 0.1) is 5.92 Å². The number of hydrogen-bond acceptors (Lipinski definition) is 2. The molecule has 2 nitrogen and oxygen atoms in total. The number of ether oxygens (including phenoxy) is 1. The second-order valence-electron chi connectivity index (χ2n) is 4.75. The van der Waals surface area contributed by atoms with E-state index in [1.54, 1.807) is 7.11 Å². The summed E-state index contributed by atoms with van der Waals surface area (Å²) in [5, 5.41) is -0.348. The maximum Gasteiger partial charge on any atom is 0.234 e. The van der Waals surface area contributed by atoms with Crippen LogP contribution in [-0.2, 0) is 14.9 Å². The van der Waals surface area contributed by atoms with Gasteiger partial charge >= 0.3 is 0 Å². The molecule has 94 valence electrons. The van der Waals surface area contributed by atoms with Gasteiger partial charge in [0.15, 0.2) is 0 Å². The number of rotatable bonds is 6. The Morgan fingerprint density at radius 2 is 1.94 bits per heavy atom. The van der Waals surface area contributed by atoms with E-state index in [0.29, 0.717) is 18.9 Å². The van der Waals surface area contributed by atoms with Crippen molar-refractivity contribution in [3.63, 3.8) is 0 Å². The summed E-state index contributed by atoms with van der Waals surface area (Å²) in [6.07, 6.45) is 0.688. The van der Waals surface area contributed by atoms with Crippen molar-refractivity contribution in [3.8, 4) is 0 Å². The lowest BCUT2D eigenvalue weighted by Crippen LogP contribution is -2.39. The summed E-state index contributed by atoms with van der Waals surface area (Å²) in [4.78, 5) is 11.9. The van der Waals surface area contributed by atoms with E-state index < -0.39 is 5.41 Å². The van der Waals surface area contributed by atoms with Gasteiger partial charge in [-0.2, -0.15) is 0 Å². The van der Waals surface area contributed by atoms with Gasteiger partial charge in [-0.15, -0.1) is 0 Å². The van der Waals surface area contributed by atoms with Crippen LogP contribution in [0.3, 0.4) is 0 Å². The molecule has 0 N–H and O–H groups in total. The van der Waals surface area contributed by atoms with Crippen molar-refractivity contribution in [2.45, 2.75) is 25.7 Å². The molecular formula is C14H19ClO2. The summed E-state index contributed by atoms with van der Waals surface area (Å²) in [5.74, 6) is 0.369. The second kappa shape index (κ2) is 6.18. The van der Waals surface area contributed by atoms with E-state index in [0.717, 1.165) is 5.56 Å². The highest BCUT2D eigenvalue weighted by Gasteiger charge is 2.39. The van der Waals surface area contributed by atoms with Crippen LogP contribution >= 0.6 is 11.6 Å². The van der Waals surface area contributed by atoms with E-state index in [-0.39, 0.29) is 5.24 Å². The topological polar surface area (TPSA) is 26.3 Å². The summed E-state index contributed by atoms with van der Waals surface area (Å²) < 4.78 is 5.22. The minimum absolute atomic E-state index is 0.317. The van der Waals surface area contributed by atoms with Gasteiger partial charge in [0.1, 0.15) is 0 Å². The first-order valence-corrected chi connectivity index (χ1v) is 6.15. The van der Waals surface area contributed by atoms with Gasteiger partial charge in [-0.25, -0.2) is 0 Å². The number of carbonyl (C=O) groups excluding carboxylic acids is 1. The van der Waals surface area contributed by atoms with Crippen molar-refractivity contribution in [1.29, 1.82) is 0 Å². The Bertz CT molecular complexity index is 362. The largest absolute Gasteiger partial charge is 0.383 e. The molecule has 0 saturated heterocycles. The van der Waals surface area contributed by atoms with Gasteiger partial charge in [0.05, 0.1) is 12.0 Å². The minimum atomic E-state index is -0.730. The third-order valence-corrected chi connectivity index (χ3v) is 3.21. The average Bonchev–Trinajstić information content (AvgIpc) is 2.28. The maximum atomic E-state index is 11.9. The molecule has 3 heteroatoms. The summed E-state index contributed by atoms with van der Waals surface area (Å²) in [7, 11) is 1.60. The summed E-state index contributed by atoms with van der Waals surface area (Å²) in [6, 6.07) is 9.62. The van der Waals surface area contributed by atoms with Crippen molar-refractivity contribution >= 4 is 16.8 Å². The predicted molar refractivity (Wildman–Crippen MR) is 70.3 cm³/mol. The zero-order valence-corrected chi connectivity index (χ0v) is 11.3. The first-order chi connectivity index (χ1) is 8.03. The Kier molecular flexibility index (Phi) is 5.16. The van der Waals surface area contributed by atoms with Crippen molar-refractivity contribution in [1.82, 2.24) is 0 Å². The SMILES string of the molecule is COCC(CC(C)C)(C(=O)Cl)c1ccccc1. The Hall–Kier alpha value is -0.860. The quantitative estimate of drug-likeness (QED) is 0.728. The molecule has 1 unspecified atom stereocenters.